The van der Waals surface area contributed by atoms with Gasteiger partial charge >= 0.3 is 0 Å². The summed E-state index contributed by atoms with van der Waals surface area (Å²) in [6.07, 6.45) is 0. The molecule has 2 aromatic heterocycles. The van der Waals surface area contributed by atoms with Gasteiger partial charge in [0, 0.05) is 27.5 Å². The van der Waals surface area contributed by atoms with Gasteiger partial charge in [0.1, 0.15) is 11.2 Å². The molecule has 0 saturated heterocycles. The normalized spacial score (nSPS) is 11.5. The second kappa shape index (κ2) is 11.9. The Labute approximate surface area is 294 Å². The van der Waals surface area contributed by atoms with Crippen molar-refractivity contribution in [1.29, 1.82) is 0 Å². The van der Waals surface area contributed by atoms with Gasteiger partial charge in [-0.2, -0.15) is 0 Å². The molecule has 0 fully saturated rings. The van der Waals surface area contributed by atoms with Crippen molar-refractivity contribution in [3.8, 4) is 56.4 Å². The average Bonchev–Trinajstić information content (AvgIpc) is 3.60. The molecule has 0 bridgehead atoms. The van der Waals surface area contributed by atoms with Crippen LogP contribution >= 0.6 is 0 Å². The van der Waals surface area contributed by atoms with Gasteiger partial charge in [-0.1, -0.05) is 152 Å². The molecule has 0 saturated carbocycles. The Kier molecular flexibility index (Phi) is 6.78. The molecule has 0 radical (unpaired) electrons. The second-order valence-corrected chi connectivity index (χ2v) is 12.8. The fraction of sp³-hybridized carbons (Fsp3) is 0. The summed E-state index contributed by atoms with van der Waals surface area (Å²) in [6, 6.07) is 61.2. The lowest BCUT2D eigenvalue weighted by Gasteiger charge is -2.13. The van der Waals surface area contributed by atoms with E-state index in [-0.39, 0.29) is 0 Å². The Balaban J connectivity index is 1.07. The maximum Gasteiger partial charge on any atom is 0.164 e. The van der Waals surface area contributed by atoms with E-state index in [0.29, 0.717) is 17.5 Å². The van der Waals surface area contributed by atoms with Crippen molar-refractivity contribution < 1.29 is 4.42 Å². The highest BCUT2D eigenvalue weighted by molar-refractivity contribution is 6.16. The van der Waals surface area contributed by atoms with E-state index in [9.17, 15) is 0 Å². The molecule has 0 unspecified atom stereocenters. The standard InChI is InChI=1S/C47H29N3O/c1-3-12-30(13-4-1)45-48-46(31-14-5-2-6-15-31)50-47(49-45)35-27-25-32-28-34(26-24-33(32)29-35)36-17-9-19-38-37(36)18-10-20-39(38)40-21-11-23-43-44(40)41-16-7-8-22-42(41)51-43/h1-29H. The zero-order valence-electron chi connectivity index (χ0n) is 27.5. The van der Waals surface area contributed by atoms with Crippen LogP contribution in [0.1, 0.15) is 0 Å². The van der Waals surface area contributed by atoms with E-state index in [1.54, 1.807) is 0 Å². The largest absolute Gasteiger partial charge is 0.456 e. The van der Waals surface area contributed by atoms with E-state index < -0.39 is 0 Å². The molecule has 4 heteroatoms. The molecule has 238 valence electrons. The Bertz CT molecular complexity index is 2860. The quantitative estimate of drug-likeness (QED) is 0.186. The number of hydrogen-bond acceptors (Lipinski definition) is 4. The number of rotatable bonds is 5. The van der Waals surface area contributed by atoms with E-state index in [1.807, 2.05) is 72.8 Å². The summed E-state index contributed by atoms with van der Waals surface area (Å²) in [5, 5.41) is 6.98. The summed E-state index contributed by atoms with van der Waals surface area (Å²) in [5.74, 6) is 1.96. The maximum atomic E-state index is 6.24. The lowest BCUT2D eigenvalue weighted by atomic mass is 9.90. The van der Waals surface area contributed by atoms with E-state index in [4.69, 9.17) is 19.4 Å². The third-order valence-corrected chi connectivity index (χ3v) is 9.72. The van der Waals surface area contributed by atoms with Crippen molar-refractivity contribution >= 4 is 43.5 Å². The molecular formula is C47H29N3O. The van der Waals surface area contributed by atoms with E-state index in [2.05, 4.69) is 103 Å². The summed E-state index contributed by atoms with van der Waals surface area (Å²) >= 11 is 0. The zero-order valence-corrected chi connectivity index (χ0v) is 27.5. The van der Waals surface area contributed by atoms with Crippen molar-refractivity contribution in [2.45, 2.75) is 0 Å². The van der Waals surface area contributed by atoms with Crippen LogP contribution in [-0.4, -0.2) is 15.0 Å². The highest BCUT2D eigenvalue weighted by Gasteiger charge is 2.16. The molecule has 0 spiro atoms. The minimum atomic E-state index is 0.649. The van der Waals surface area contributed by atoms with Gasteiger partial charge in [-0.15, -0.1) is 0 Å². The molecule has 0 aliphatic heterocycles. The topological polar surface area (TPSA) is 51.8 Å². The number of nitrogens with zero attached hydrogens (tertiary/aromatic N) is 3. The minimum Gasteiger partial charge on any atom is -0.456 e. The molecule has 0 aliphatic carbocycles. The van der Waals surface area contributed by atoms with Crippen LogP contribution in [0, 0.1) is 0 Å². The van der Waals surface area contributed by atoms with Crippen molar-refractivity contribution in [2.75, 3.05) is 0 Å². The smallest absolute Gasteiger partial charge is 0.164 e. The average molecular weight is 652 g/mol. The van der Waals surface area contributed by atoms with Gasteiger partial charge in [0.15, 0.2) is 17.5 Å². The van der Waals surface area contributed by atoms with Crippen LogP contribution in [0.4, 0.5) is 0 Å². The SMILES string of the molecule is c1ccc(-c2nc(-c3ccccc3)nc(-c3ccc4cc(-c5cccc6c(-c7cccc8oc9ccccc9c78)cccc56)ccc4c3)n2)cc1. The minimum absolute atomic E-state index is 0.649. The first-order valence-corrected chi connectivity index (χ1v) is 17.1. The molecule has 10 rings (SSSR count). The summed E-state index contributed by atoms with van der Waals surface area (Å²) in [6.45, 7) is 0. The molecule has 8 aromatic carbocycles. The number of benzene rings is 8. The van der Waals surface area contributed by atoms with Gasteiger partial charge in [-0.25, -0.2) is 15.0 Å². The van der Waals surface area contributed by atoms with Crippen molar-refractivity contribution in [3.63, 3.8) is 0 Å². The Morgan fingerprint density at radius 1 is 0.314 bits per heavy atom. The van der Waals surface area contributed by atoms with Crippen LogP contribution in [0.5, 0.6) is 0 Å². The predicted molar refractivity (Wildman–Crippen MR) is 209 cm³/mol. The Hall–Kier alpha value is -6.91. The lowest BCUT2D eigenvalue weighted by Crippen LogP contribution is -2.00. The summed E-state index contributed by atoms with van der Waals surface area (Å²) < 4.78 is 6.24. The Morgan fingerprint density at radius 2 is 0.804 bits per heavy atom. The first kappa shape index (κ1) is 29.0. The monoisotopic (exact) mass is 651 g/mol. The van der Waals surface area contributed by atoms with Crippen LogP contribution in [0.2, 0.25) is 0 Å². The lowest BCUT2D eigenvalue weighted by molar-refractivity contribution is 0.669. The molecule has 0 N–H and O–H groups in total. The molecule has 0 aliphatic rings. The van der Waals surface area contributed by atoms with Gasteiger partial charge in [0.25, 0.3) is 0 Å². The zero-order chi connectivity index (χ0) is 33.7. The highest BCUT2D eigenvalue weighted by Crippen LogP contribution is 2.41. The van der Waals surface area contributed by atoms with Crippen molar-refractivity contribution in [2.24, 2.45) is 0 Å². The van der Waals surface area contributed by atoms with Crippen LogP contribution in [-0.2, 0) is 0 Å². The molecule has 2 heterocycles. The summed E-state index contributed by atoms with van der Waals surface area (Å²) in [7, 11) is 0. The van der Waals surface area contributed by atoms with Crippen LogP contribution in [0.3, 0.4) is 0 Å². The van der Waals surface area contributed by atoms with Gasteiger partial charge in [-0.3, -0.25) is 0 Å². The maximum absolute atomic E-state index is 6.24. The summed E-state index contributed by atoms with van der Waals surface area (Å²) in [4.78, 5) is 14.7. The van der Waals surface area contributed by atoms with Crippen LogP contribution < -0.4 is 0 Å². The first-order valence-electron chi connectivity index (χ1n) is 17.1. The van der Waals surface area contributed by atoms with Crippen molar-refractivity contribution in [1.82, 2.24) is 15.0 Å². The number of furan rings is 1. The van der Waals surface area contributed by atoms with Crippen LogP contribution in [0.15, 0.2) is 180 Å². The molecule has 0 atom stereocenters. The van der Waals surface area contributed by atoms with Gasteiger partial charge in [0.2, 0.25) is 0 Å². The highest BCUT2D eigenvalue weighted by atomic mass is 16.3. The third kappa shape index (κ3) is 5.04. The second-order valence-electron chi connectivity index (χ2n) is 12.8. The van der Waals surface area contributed by atoms with Gasteiger partial charge < -0.3 is 4.42 Å². The predicted octanol–water partition coefficient (Wildman–Crippen LogP) is 12.4. The van der Waals surface area contributed by atoms with Crippen molar-refractivity contribution in [3.05, 3.63) is 176 Å². The molecule has 10 aromatic rings. The first-order chi connectivity index (χ1) is 25.3. The van der Waals surface area contributed by atoms with Gasteiger partial charge in [-0.05, 0) is 68.1 Å². The number of para-hydroxylation sites is 1. The Morgan fingerprint density at radius 3 is 1.51 bits per heavy atom. The van der Waals surface area contributed by atoms with Crippen LogP contribution in [0.25, 0.3) is 99.9 Å². The molecule has 0 amide bonds. The van der Waals surface area contributed by atoms with E-state index in [0.717, 1.165) is 49.4 Å². The molecular weight excluding hydrogens is 623 g/mol. The fourth-order valence-corrected chi connectivity index (χ4v) is 7.29. The molecule has 4 nitrogen and oxygen atoms in total. The number of fused-ring (bicyclic) bond motifs is 5. The molecule has 51 heavy (non-hydrogen) atoms. The third-order valence-electron chi connectivity index (χ3n) is 9.72. The van der Waals surface area contributed by atoms with E-state index in [1.165, 1.54) is 33.0 Å². The number of hydrogen-bond donors (Lipinski definition) is 0. The van der Waals surface area contributed by atoms with E-state index >= 15 is 0 Å². The fourth-order valence-electron chi connectivity index (χ4n) is 7.29. The number of aromatic nitrogens is 3. The van der Waals surface area contributed by atoms with Gasteiger partial charge in [0.05, 0.1) is 0 Å². The summed E-state index contributed by atoms with van der Waals surface area (Å²) in [5.41, 5.74) is 9.40.